The quantitative estimate of drug-likeness (QED) is 0.469. The maximum atomic E-state index is 12.4. The third-order valence-corrected chi connectivity index (χ3v) is 5.20. The van der Waals surface area contributed by atoms with Gasteiger partial charge in [0.2, 0.25) is 5.91 Å². The predicted octanol–water partition coefficient (Wildman–Crippen LogP) is 5.54. The summed E-state index contributed by atoms with van der Waals surface area (Å²) in [5.74, 6) is -0.158. The Hall–Kier alpha value is -3.24. The maximum absolute atomic E-state index is 12.4. The molecule has 0 saturated heterocycles. The number of benzene rings is 3. The SMILES string of the molecule is O=C(/C=C/c1nc2ccccc2s1)Nc1ccccc1Cc1ccccc1. The van der Waals surface area contributed by atoms with Crippen LogP contribution in [0.2, 0.25) is 0 Å². The van der Waals surface area contributed by atoms with Crippen molar-refractivity contribution in [2.24, 2.45) is 0 Å². The number of carbonyl (C=O) groups excluding carboxylic acids is 1. The lowest BCUT2D eigenvalue weighted by atomic mass is 10.0. The fourth-order valence-corrected chi connectivity index (χ4v) is 3.77. The number of fused-ring (bicyclic) bond motifs is 1. The van der Waals surface area contributed by atoms with E-state index in [1.807, 2.05) is 66.7 Å². The van der Waals surface area contributed by atoms with Crippen molar-refractivity contribution in [2.45, 2.75) is 6.42 Å². The van der Waals surface area contributed by atoms with Crippen LogP contribution in [0.1, 0.15) is 16.1 Å². The molecule has 0 aliphatic carbocycles. The van der Waals surface area contributed by atoms with Gasteiger partial charge >= 0.3 is 0 Å². The molecular formula is C23H18N2OS. The van der Waals surface area contributed by atoms with Crippen LogP contribution < -0.4 is 5.32 Å². The van der Waals surface area contributed by atoms with E-state index in [0.717, 1.165) is 32.9 Å². The first-order chi connectivity index (χ1) is 13.3. The molecule has 0 aliphatic rings. The van der Waals surface area contributed by atoms with Gasteiger partial charge in [0.05, 0.1) is 10.2 Å². The molecule has 0 radical (unpaired) electrons. The molecule has 3 nitrogen and oxygen atoms in total. The summed E-state index contributed by atoms with van der Waals surface area (Å²) in [6, 6.07) is 26.1. The van der Waals surface area contributed by atoms with Crippen LogP contribution in [0.15, 0.2) is 84.9 Å². The fourth-order valence-electron chi connectivity index (χ4n) is 2.89. The molecule has 1 heterocycles. The molecule has 1 amide bonds. The van der Waals surface area contributed by atoms with Crippen LogP contribution in [-0.4, -0.2) is 10.9 Å². The molecule has 0 fully saturated rings. The van der Waals surface area contributed by atoms with Crippen LogP contribution >= 0.6 is 11.3 Å². The van der Waals surface area contributed by atoms with Gasteiger partial charge in [-0.05, 0) is 41.8 Å². The van der Waals surface area contributed by atoms with Crippen molar-refractivity contribution in [3.63, 3.8) is 0 Å². The summed E-state index contributed by atoms with van der Waals surface area (Å²) in [6.07, 6.45) is 4.08. The highest BCUT2D eigenvalue weighted by Gasteiger charge is 2.06. The summed E-state index contributed by atoms with van der Waals surface area (Å²) >= 11 is 1.57. The highest BCUT2D eigenvalue weighted by atomic mass is 32.1. The van der Waals surface area contributed by atoms with Gasteiger partial charge in [-0.2, -0.15) is 0 Å². The number of nitrogens with one attached hydrogen (secondary N) is 1. The molecule has 4 heteroatoms. The monoisotopic (exact) mass is 370 g/mol. The zero-order valence-corrected chi connectivity index (χ0v) is 15.4. The lowest BCUT2D eigenvalue weighted by Gasteiger charge is -2.10. The fraction of sp³-hybridized carbons (Fsp3) is 0.0435. The minimum Gasteiger partial charge on any atom is -0.322 e. The molecule has 0 atom stereocenters. The number of aromatic nitrogens is 1. The van der Waals surface area contributed by atoms with Gasteiger partial charge in [0.25, 0.3) is 0 Å². The molecule has 1 N–H and O–H groups in total. The highest BCUT2D eigenvalue weighted by molar-refractivity contribution is 7.19. The Morgan fingerprint density at radius 1 is 0.926 bits per heavy atom. The van der Waals surface area contributed by atoms with Crippen LogP contribution in [0, 0.1) is 0 Å². The first-order valence-electron chi connectivity index (χ1n) is 8.74. The number of thiazole rings is 1. The van der Waals surface area contributed by atoms with E-state index in [1.165, 1.54) is 11.6 Å². The van der Waals surface area contributed by atoms with Crippen molar-refractivity contribution in [1.29, 1.82) is 0 Å². The molecule has 0 bridgehead atoms. The Balaban J connectivity index is 1.48. The van der Waals surface area contributed by atoms with Crippen molar-refractivity contribution in [1.82, 2.24) is 4.98 Å². The third kappa shape index (κ3) is 4.30. The summed E-state index contributed by atoms with van der Waals surface area (Å²) in [5.41, 5.74) is 4.09. The largest absolute Gasteiger partial charge is 0.322 e. The average molecular weight is 370 g/mol. The number of amides is 1. The van der Waals surface area contributed by atoms with Gasteiger partial charge in [0.15, 0.2) is 0 Å². The zero-order chi connectivity index (χ0) is 18.5. The van der Waals surface area contributed by atoms with Gasteiger partial charge in [0.1, 0.15) is 5.01 Å². The number of para-hydroxylation sites is 2. The van der Waals surface area contributed by atoms with E-state index in [0.29, 0.717) is 0 Å². The Bertz CT molecular complexity index is 1070. The van der Waals surface area contributed by atoms with E-state index in [1.54, 1.807) is 17.4 Å². The number of hydrogen-bond donors (Lipinski definition) is 1. The van der Waals surface area contributed by atoms with Crippen LogP contribution in [0.25, 0.3) is 16.3 Å². The van der Waals surface area contributed by atoms with Gasteiger partial charge in [-0.3, -0.25) is 4.79 Å². The van der Waals surface area contributed by atoms with Gasteiger partial charge < -0.3 is 5.32 Å². The Labute approximate surface area is 162 Å². The smallest absolute Gasteiger partial charge is 0.248 e. The van der Waals surface area contributed by atoms with Gasteiger partial charge in [-0.1, -0.05) is 60.7 Å². The topological polar surface area (TPSA) is 42.0 Å². The van der Waals surface area contributed by atoms with E-state index >= 15 is 0 Å². The van der Waals surface area contributed by atoms with Crippen molar-refractivity contribution >= 4 is 39.2 Å². The van der Waals surface area contributed by atoms with E-state index < -0.39 is 0 Å². The van der Waals surface area contributed by atoms with E-state index in [4.69, 9.17) is 0 Å². The van der Waals surface area contributed by atoms with E-state index in [-0.39, 0.29) is 5.91 Å². The first-order valence-corrected chi connectivity index (χ1v) is 9.56. The molecule has 0 saturated carbocycles. The van der Waals surface area contributed by atoms with E-state index in [2.05, 4.69) is 22.4 Å². The van der Waals surface area contributed by atoms with Crippen molar-refractivity contribution < 1.29 is 4.79 Å². The van der Waals surface area contributed by atoms with Crippen LogP contribution in [0.3, 0.4) is 0 Å². The highest BCUT2D eigenvalue weighted by Crippen LogP contribution is 2.23. The molecule has 0 unspecified atom stereocenters. The zero-order valence-electron chi connectivity index (χ0n) is 14.6. The van der Waals surface area contributed by atoms with Gasteiger partial charge in [-0.15, -0.1) is 11.3 Å². The lowest BCUT2D eigenvalue weighted by molar-refractivity contribution is -0.111. The molecule has 27 heavy (non-hydrogen) atoms. The van der Waals surface area contributed by atoms with Crippen molar-refractivity contribution in [3.8, 4) is 0 Å². The minimum absolute atomic E-state index is 0.158. The Kier molecular flexibility index (Phi) is 5.08. The number of carbonyl (C=O) groups is 1. The van der Waals surface area contributed by atoms with Crippen LogP contribution in [-0.2, 0) is 11.2 Å². The maximum Gasteiger partial charge on any atom is 0.248 e. The summed E-state index contributed by atoms with van der Waals surface area (Å²) in [6.45, 7) is 0. The van der Waals surface area contributed by atoms with Gasteiger partial charge in [0, 0.05) is 11.8 Å². The number of rotatable bonds is 5. The Morgan fingerprint density at radius 3 is 2.52 bits per heavy atom. The standard InChI is InChI=1S/C23H18N2OS/c26-22(14-15-23-25-20-12-6-7-13-21(20)27-23)24-19-11-5-4-10-18(19)16-17-8-2-1-3-9-17/h1-15H,16H2,(H,24,26)/b15-14+. The summed E-state index contributed by atoms with van der Waals surface area (Å²) in [4.78, 5) is 16.9. The molecule has 3 aromatic carbocycles. The average Bonchev–Trinajstić information content (AvgIpc) is 3.12. The van der Waals surface area contributed by atoms with Crippen molar-refractivity contribution in [3.05, 3.63) is 101 Å². The third-order valence-electron chi connectivity index (χ3n) is 4.20. The van der Waals surface area contributed by atoms with E-state index in [9.17, 15) is 4.79 Å². The lowest BCUT2D eigenvalue weighted by Crippen LogP contribution is -2.09. The molecule has 4 aromatic rings. The molecular weight excluding hydrogens is 352 g/mol. The summed E-state index contributed by atoms with van der Waals surface area (Å²) in [5, 5.41) is 3.81. The molecule has 1 aromatic heterocycles. The predicted molar refractivity (Wildman–Crippen MR) is 113 cm³/mol. The second kappa shape index (κ2) is 7.98. The molecule has 0 aliphatic heterocycles. The summed E-state index contributed by atoms with van der Waals surface area (Å²) in [7, 11) is 0. The van der Waals surface area contributed by atoms with Crippen LogP contribution in [0.4, 0.5) is 5.69 Å². The number of hydrogen-bond acceptors (Lipinski definition) is 3. The Morgan fingerprint density at radius 2 is 1.67 bits per heavy atom. The van der Waals surface area contributed by atoms with Crippen molar-refractivity contribution in [2.75, 3.05) is 5.32 Å². The molecule has 0 spiro atoms. The second-order valence-corrected chi connectivity index (χ2v) is 7.22. The number of nitrogens with zero attached hydrogens (tertiary/aromatic N) is 1. The van der Waals surface area contributed by atoms with Crippen LogP contribution in [0.5, 0.6) is 0 Å². The summed E-state index contributed by atoms with van der Waals surface area (Å²) < 4.78 is 1.12. The minimum atomic E-state index is -0.158. The molecule has 132 valence electrons. The first kappa shape index (κ1) is 17.2. The second-order valence-electron chi connectivity index (χ2n) is 6.16. The molecule has 4 rings (SSSR count). The normalized spacial score (nSPS) is 11.1. The number of anilines is 1. The van der Waals surface area contributed by atoms with Gasteiger partial charge in [-0.25, -0.2) is 4.98 Å².